The fourth-order valence-electron chi connectivity index (χ4n) is 1.77. The molecule has 1 unspecified atom stereocenters. The highest BCUT2D eigenvalue weighted by molar-refractivity contribution is 7.99. The molecule has 2 nitrogen and oxygen atoms in total. The van der Waals surface area contributed by atoms with Gasteiger partial charge < -0.3 is 0 Å². The molecule has 3 heteroatoms. The Kier molecular flexibility index (Phi) is 2.94. The van der Waals surface area contributed by atoms with Gasteiger partial charge in [0.2, 0.25) is 0 Å². The lowest BCUT2D eigenvalue weighted by Gasteiger charge is -2.30. The first-order valence-electron chi connectivity index (χ1n) is 5.08. The fraction of sp³-hybridized carbons (Fsp3) is 0.900. The van der Waals surface area contributed by atoms with Crippen LogP contribution in [0, 0.1) is 5.92 Å². The first kappa shape index (κ1) is 9.53. The van der Waals surface area contributed by atoms with Crippen LogP contribution in [0.2, 0.25) is 0 Å². The van der Waals surface area contributed by atoms with Gasteiger partial charge in [0.1, 0.15) is 0 Å². The second-order valence-corrected chi connectivity index (χ2v) is 5.33. The Morgan fingerprint density at radius 3 is 2.92 bits per heavy atom. The van der Waals surface area contributed by atoms with Crippen LogP contribution in [0.15, 0.2) is 0 Å². The van der Waals surface area contributed by atoms with Gasteiger partial charge in [-0.2, -0.15) is 11.8 Å². The number of carbonyl (C=O) groups is 1. The molecule has 1 saturated heterocycles. The van der Waals surface area contributed by atoms with Gasteiger partial charge in [-0.25, -0.2) is 0 Å². The summed E-state index contributed by atoms with van der Waals surface area (Å²) in [6, 6.07) is 0.222. The van der Waals surface area contributed by atoms with Crippen molar-refractivity contribution < 1.29 is 4.79 Å². The van der Waals surface area contributed by atoms with Crippen molar-refractivity contribution in [1.82, 2.24) is 4.90 Å². The zero-order valence-corrected chi connectivity index (χ0v) is 8.98. The first-order valence-corrected chi connectivity index (χ1v) is 6.23. The summed E-state index contributed by atoms with van der Waals surface area (Å²) in [6.45, 7) is 1.08. The molecule has 0 bridgehead atoms. The van der Waals surface area contributed by atoms with E-state index in [0.29, 0.717) is 5.78 Å². The molecule has 1 aliphatic carbocycles. The van der Waals surface area contributed by atoms with Crippen LogP contribution in [-0.4, -0.2) is 41.8 Å². The van der Waals surface area contributed by atoms with Crippen LogP contribution in [0.3, 0.4) is 0 Å². The molecular weight excluding hydrogens is 182 g/mol. The normalized spacial score (nSPS) is 30.4. The Morgan fingerprint density at radius 1 is 1.54 bits per heavy atom. The van der Waals surface area contributed by atoms with E-state index in [1.165, 1.54) is 18.6 Å². The highest BCUT2D eigenvalue weighted by atomic mass is 32.2. The average Bonchev–Trinajstić information content (AvgIpc) is 2.89. The molecule has 0 N–H and O–H groups in total. The standard InChI is InChI=1S/C10H17NOS/c1-11-4-5-13-7-9(11)10(12)6-8-2-3-8/h8-9H,2-7H2,1H3. The largest absolute Gasteiger partial charge is 0.298 e. The lowest BCUT2D eigenvalue weighted by Crippen LogP contribution is -2.44. The van der Waals surface area contributed by atoms with E-state index < -0.39 is 0 Å². The van der Waals surface area contributed by atoms with Crippen molar-refractivity contribution >= 4 is 17.5 Å². The fourth-order valence-corrected chi connectivity index (χ4v) is 3.02. The van der Waals surface area contributed by atoms with Crippen LogP contribution in [0.5, 0.6) is 0 Å². The number of nitrogens with zero attached hydrogens (tertiary/aromatic N) is 1. The monoisotopic (exact) mass is 199 g/mol. The summed E-state index contributed by atoms with van der Waals surface area (Å²) in [7, 11) is 2.08. The summed E-state index contributed by atoms with van der Waals surface area (Å²) in [5.41, 5.74) is 0. The minimum atomic E-state index is 0.222. The van der Waals surface area contributed by atoms with Crippen molar-refractivity contribution in [2.75, 3.05) is 25.1 Å². The summed E-state index contributed by atoms with van der Waals surface area (Å²) in [5, 5.41) is 0. The molecular formula is C10H17NOS. The molecule has 0 aromatic rings. The summed E-state index contributed by atoms with van der Waals surface area (Å²) in [6.07, 6.45) is 3.42. The second-order valence-electron chi connectivity index (χ2n) is 4.19. The Labute approximate surface area is 84.1 Å². The van der Waals surface area contributed by atoms with Crippen molar-refractivity contribution in [2.45, 2.75) is 25.3 Å². The van der Waals surface area contributed by atoms with E-state index in [0.717, 1.165) is 24.6 Å². The molecule has 1 saturated carbocycles. The molecule has 0 aromatic carbocycles. The Bertz CT molecular complexity index is 203. The van der Waals surface area contributed by atoms with Gasteiger partial charge >= 0.3 is 0 Å². The van der Waals surface area contributed by atoms with Gasteiger partial charge in [-0.1, -0.05) is 0 Å². The number of likely N-dealkylation sites (N-methyl/N-ethyl adjacent to an activating group) is 1. The number of rotatable bonds is 3. The molecule has 74 valence electrons. The molecule has 2 aliphatic rings. The number of hydrogen-bond donors (Lipinski definition) is 0. The number of ketones is 1. The van der Waals surface area contributed by atoms with Gasteiger partial charge in [-0.15, -0.1) is 0 Å². The molecule has 0 aromatic heterocycles. The van der Waals surface area contributed by atoms with Crippen molar-refractivity contribution in [3.05, 3.63) is 0 Å². The molecule has 0 radical (unpaired) electrons. The lowest BCUT2D eigenvalue weighted by atomic mass is 10.1. The number of hydrogen-bond acceptors (Lipinski definition) is 3. The molecule has 0 spiro atoms. The minimum Gasteiger partial charge on any atom is -0.298 e. The maximum atomic E-state index is 11.8. The zero-order valence-electron chi connectivity index (χ0n) is 8.16. The molecule has 1 heterocycles. The smallest absolute Gasteiger partial charge is 0.151 e. The van der Waals surface area contributed by atoms with E-state index in [-0.39, 0.29) is 6.04 Å². The summed E-state index contributed by atoms with van der Waals surface area (Å²) < 4.78 is 0. The van der Waals surface area contributed by atoms with Crippen LogP contribution in [-0.2, 0) is 4.79 Å². The third-order valence-corrected chi connectivity index (χ3v) is 3.98. The predicted molar refractivity (Wildman–Crippen MR) is 56.1 cm³/mol. The molecule has 2 fully saturated rings. The molecule has 1 aliphatic heterocycles. The number of carbonyl (C=O) groups excluding carboxylic acids is 1. The Balaban J connectivity index is 1.85. The molecule has 13 heavy (non-hydrogen) atoms. The van der Waals surface area contributed by atoms with Gasteiger partial charge in [0.25, 0.3) is 0 Å². The average molecular weight is 199 g/mol. The van der Waals surface area contributed by atoms with E-state index in [9.17, 15) is 4.79 Å². The quantitative estimate of drug-likeness (QED) is 0.685. The van der Waals surface area contributed by atoms with Gasteiger partial charge in [0.15, 0.2) is 5.78 Å². The summed E-state index contributed by atoms with van der Waals surface area (Å²) in [4.78, 5) is 14.0. The van der Waals surface area contributed by atoms with Crippen molar-refractivity contribution in [2.24, 2.45) is 5.92 Å². The maximum Gasteiger partial charge on any atom is 0.151 e. The van der Waals surface area contributed by atoms with Crippen molar-refractivity contribution in [1.29, 1.82) is 0 Å². The topological polar surface area (TPSA) is 20.3 Å². The van der Waals surface area contributed by atoms with Gasteiger partial charge in [-0.3, -0.25) is 9.69 Å². The SMILES string of the molecule is CN1CCSCC1C(=O)CC1CC1. The number of thioether (sulfide) groups is 1. The third-order valence-electron chi connectivity index (χ3n) is 2.95. The van der Waals surface area contributed by atoms with E-state index in [1.807, 2.05) is 11.8 Å². The van der Waals surface area contributed by atoms with Gasteiger partial charge in [0.05, 0.1) is 6.04 Å². The van der Waals surface area contributed by atoms with E-state index in [1.54, 1.807) is 0 Å². The highest BCUT2D eigenvalue weighted by Crippen LogP contribution is 2.33. The minimum absolute atomic E-state index is 0.222. The maximum absolute atomic E-state index is 11.8. The van der Waals surface area contributed by atoms with Gasteiger partial charge in [-0.05, 0) is 25.8 Å². The van der Waals surface area contributed by atoms with Gasteiger partial charge in [0, 0.05) is 24.5 Å². The highest BCUT2D eigenvalue weighted by Gasteiger charge is 2.31. The van der Waals surface area contributed by atoms with Crippen LogP contribution in [0.4, 0.5) is 0 Å². The Morgan fingerprint density at radius 2 is 2.31 bits per heavy atom. The van der Waals surface area contributed by atoms with Crippen molar-refractivity contribution in [3.8, 4) is 0 Å². The van der Waals surface area contributed by atoms with E-state index >= 15 is 0 Å². The summed E-state index contributed by atoms with van der Waals surface area (Å²) >= 11 is 1.92. The van der Waals surface area contributed by atoms with E-state index in [4.69, 9.17) is 0 Å². The van der Waals surface area contributed by atoms with Crippen LogP contribution in [0.1, 0.15) is 19.3 Å². The third kappa shape index (κ3) is 2.47. The van der Waals surface area contributed by atoms with Crippen LogP contribution in [0.25, 0.3) is 0 Å². The summed E-state index contributed by atoms with van der Waals surface area (Å²) in [5.74, 6) is 3.43. The zero-order chi connectivity index (χ0) is 9.26. The Hall–Kier alpha value is -0.0200. The van der Waals surface area contributed by atoms with Crippen LogP contribution < -0.4 is 0 Å². The molecule has 1 atom stereocenters. The predicted octanol–water partition coefficient (Wildman–Crippen LogP) is 1.40. The second kappa shape index (κ2) is 4.01. The lowest BCUT2D eigenvalue weighted by molar-refractivity contribution is -0.123. The molecule has 2 rings (SSSR count). The van der Waals surface area contributed by atoms with Crippen LogP contribution >= 0.6 is 11.8 Å². The number of Topliss-reactive ketones (excluding diaryl/α,β-unsaturated/α-hetero) is 1. The first-order chi connectivity index (χ1) is 6.27. The van der Waals surface area contributed by atoms with E-state index in [2.05, 4.69) is 11.9 Å². The molecule has 0 amide bonds. The van der Waals surface area contributed by atoms with Crippen molar-refractivity contribution in [3.63, 3.8) is 0 Å².